The first-order chi connectivity index (χ1) is 18.6. The highest BCUT2D eigenvalue weighted by Crippen LogP contribution is 2.52. The van der Waals surface area contributed by atoms with Crippen LogP contribution in [0.1, 0.15) is 59.8 Å². The van der Waals surface area contributed by atoms with Gasteiger partial charge in [-0.3, -0.25) is 9.48 Å². The maximum Gasteiger partial charge on any atom is 0.290 e. The molecule has 1 aliphatic rings. The zero-order valence-electron chi connectivity index (χ0n) is 21.0. The van der Waals surface area contributed by atoms with Crippen LogP contribution in [0.25, 0.3) is 0 Å². The van der Waals surface area contributed by atoms with Gasteiger partial charge >= 0.3 is 0 Å². The predicted molar refractivity (Wildman–Crippen MR) is 131 cm³/mol. The van der Waals surface area contributed by atoms with Gasteiger partial charge in [0.15, 0.2) is 5.78 Å². The van der Waals surface area contributed by atoms with Crippen LogP contribution in [0.5, 0.6) is 0 Å². The van der Waals surface area contributed by atoms with E-state index in [4.69, 9.17) is 0 Å². The molecule has 3 aromatic rings. The zero-order chi connectivity index (χ0) is 29.6. The maximum absolute atomic E-state index is 14.7. The summed E-state index contributed by atoms with van der Waals surface area (Å²) in [6, 6.07) is 2.75. The van der Waals surface area contributed by atoms with Crippen LogP contribution in [0, 0.1) is 11.6 Å². The van der Waals surface area contributed by atoms with Crippen LogP contribution in [0.2, 0.25) is 0 Å². The molecular weight excluding hydrogens is 618 g/mol. The fourth-order valence-corrected chi connectivity index (χ4v) is 5.21. The van der Waals surface area contributed by atoms with Gasteiger partial charge in [-0.15, -0.1) is 0 Å². The fraction of sp³-hybridized carbons (Fsp3) is 0.440. The molecule has 0 bridgehead atoms. The van der Waals surface area contributed by atoms with Crippen molar-refractivity contribution in [3.8, 4) is 0 Å². The van der Waals surface area contributed by atoms with E-state index < -0.39 is 84.4 Å². The van der Waals surface area contributed by atoms with Gasteiger partial charge in [0.05, 0.1) is 15.7 Å². The second kappa shape index (κ2) is 11.1. The summed E-state index contributed by atoms with van der Waals surface area (Å²) in [6.07, 6.45) is -5.48. The number of hydrogen-bond donors (Lipinski definition) is 0. The van der Waals surface area contributed by atoms with Crippen LogP contribution in [0.3, 0.4) is 0 Å². The van der Waals surface area contributed by atoms with Crippen molar-refractivity contribution < 1.29 is 39.9 Å². The summed E-state index contributed by atoms with van der Waals surface area (Å²) >= 11 is 3.29. The summed E-state index contributed by atoms with van der Waals surface area (Å²) in [6.45, 7) is -1.02. The van der Waals surface area contributed by atoms with Gasteiger partial charge in [0.25, 0.3) is 18.3 Å². The van der Waals surface area contributed by atoms with E-state index in [0.29, 0.717) is 10.5 Å². The van der Waals surface area contributed by atoms with Gasteiger partial charge in [0, 0.05) is 51.5 Å². The summed E-state index contributed by atoms with van der Waals surface area (Å²) in [7, 11) is 3.29. The zero-order valence-corrected chi connectivity index (χ0v) is 22.6. The number of carbonyl (C=O) groups excluding carboxylic acids is 1. The number of benzene rings is 1. The Kier molecular flexibility index (Phi) is 8.25. The smallest absolute Gasteiger partial charge is 0.290 e. The van der Waals surface area contributed by atoms with Crippen molar-refractivity contribution >= 4 is 27.7 Å². The molecule has 15 heteroatoms. The predicted octanol–water partition coefficient (Wildman–Crippen LogP) is 6.68. The largest absolute Gasteiger partial charge is 0.347 e. The third-order valence-electron chi connectivity index (χ3n) is 6.40. The first-order valence-corrected chi connectivity index (χ1v) is 12.7. The van der Waals surface area contributed by atoms with Gasteiger partial charge in [-0.1, -0.05) is 0 Å². The number of anilines is 1. The maximum atomic E-state index is 14.7. The van der Waals surface area contributed by atoms with Crippen LogP contribution >= 0.6 is 15.9 Å². The van der Waals surface area contributed by atoms with Crippen molar-refractivity contribution in [2.24, 2.45) is 0 Å². The highest BCUT2D eigenvalue weighted by molar-refractivity contribution is 9.10. The molecule has 40 heavy (non-hydrogen) atoms. The van der Waals surface area contributed by atoms with E-state index in [1.54, 1.807) is 19.0 Å². The Hall–Kier alpha value is -3.10. The van der Waals surface area contributed by atoms with E-state index >= 15 is 0 Å². The number of ketones is 1. The van der Waals surface area contributed by atoms with Crippen molar-refractivity contribution in [1.82, 2.24) is 19.7 Å². The number of nitrogens with zero attached hydrogens (tertiary/aromatic N) is 5. The SMILES string of the molecule is CN(C)c1ncc(Br)c([C@@H](CC(=O)Cn2nc(C(F)F)c3c2C(F)(F)CCC3(F)F)Cc2cc(F)cc(F)c2)n1. The number of hydrogen-bond acceptors (Lipinski definition) is 5. The number of rotatable bonds is 9. The van der Waals surface area contributed by atoms with Crippen LogP contribution in [-0.2, 0) is 29.6 Å². The summed E-state index contributed by atoms with van der Waals surface area (Å²) in [4.78, 5) is 23.3. The van der Waals surface area contributed by atoms with Crippen LogP contribution < -0.4 is 4.90 Å². The second-order valence-corrected chi connectivity index (χ2v) is 10.5. The lowest BCUT2D eigenvalue weighted by molar-refractivity contribution is -0.121. The van der Waals surface area contributed by atoms with Gasteiger partial charge in [-0.25, -0.2) is 36.3 Å². The molecule has 0 saturated heterocycles. The first-order valence-electron chi connectivity index (χ1n) is 11.9. The van der Waals surface area contributed by atoms with Crippen molar-refractivity contribution in [3.63, 3.8) is 0 Å². The molecule has 2 heterocycles. The molecule has 0 spiro atoms. The molecule has 1 aliphatic carbocycles. The number of halogens is 9. The highest BCUT2D eigenvalue weighted by atomic mass is 79.9. The van der Waals surface area contributed by atoms with Gasteiger partial charge in [-0.05, 0) is 40.0 Å². The van der Waals surface area contributed by atoms with Crippen LogP contribution in [-0.4, -0.2) is 39.6 Å². The van der Waals surface area contributed by atoms with E-state index in [1.165, 1.54) is 6.20 Å². The second-order valence-electron chi connectivity index (χ2n) is 9.70. The number of alkyl halides is 6. The Balaban J connectivity index is 1.72. The van der Waals surface area contributed by atoms with E-state index in [9.17, 15) is 39.9 Å². The van der Waals surface area contributed by atoms with E-state index in [1.807, 2.05) is 0 Å². The van der Waals surface area contributed by atoms with Gasteiger partial charge < -0.3 is 4.90 Å². The Morgan fingerprint density at radius 3 is 2.27 bits per heavy atom. The molecule has 1 atom stereocenters. The number of Topliss-reactive ketones (excluding diaryl/α,β-unsaturated/α-hetero) is 1. The average molecular weight is 640 g/mol. The van der Waals surface area contributed by atoms with Gasteiger partial charge in [0.2, 0.25) is 5.95 Å². The minimum absolute atomic E-state index is 0.142. The lowest BCUT2D eigenvalue weighted by Gasteiger charge is -2.29. The topological polar surface area (TPSA) is 63.9 Å². The van der Waals surface area contributed by atoms with Crippen molar-refractivity contribution in [1.29, 1.82) is 0 Å². The summed E-state index contributed by atoms with van der Waals surface area (Å²) in [5.74, 6) is -11.2. The van der Waals surface area contributed by atoms with Crippen LogP contribution in [0.15, 0.2) is 28.9 Å². The Morgan fingerprint density at radius 1 is 1.05 bits per heavy atom. The van der Waals surface area contributed by atoms with Gasteiger partial charge in [0.1, 0.15) is 29.6 Å². The molecule has 216 valence electrons. The van der Waals surface area contributed by atoms with Crippen molar-refractivity contribution in [3.05, 3.63) is 68.7 Å². The quantitative estimate of drug-likeness (QED) is 0.245. The molecule has 0 amide bonds. The summed E-state index contributed by atoms with van der Waals surface area (Å²) in [5.41, 5.74) is -4.10. The van der Waals surface area contributed by atoms with Crippen LogP contribution in [0.4, 0.5) is 41.1 Å². The average Bonchev–Trinajstić information content (AvgIpc) is 3.23. The number of carbonyl (C=O) groups is 1. The Bertz CT molecular complexity index is 1410. The van der Waals surface area contributed by atoms with E-state index in [0.717, 1.165) is 12.1 Å². The molecule has 1 aromatic carbocycles. The molecule has 0 N–H and O–H groups in total. The highest BCUT2D eigenvalue weighted by Gasteiger charge is 2.55. The molecular formula is C25H22BrF8N5O. The minimum atomic E-state index is -3.98. The first kappa shape index (κ1) is 29.9. The molecule has 2 aromatic heterocycles. The lowest BCUT2D eigenvalue weighted by Crippen LogP contribution is -2.33. The number of fused-ring (bicyclic) bond motifs is 1. The van der Waals surface area contributed by atoms with Crippen molar-refractivity contribution in [2.75, 3.05) is 19.0 Å². The molecule has 0 radical (unpaired) electrons. The molecule has 0 aliphatic heterocycles. The van der Waals surface area contributed by atoms with Gasteiger partial charge in [-0.2, -0.15) is 13.9 Å². The number of aromatic nitrogens is 4. The molecule has 6 nitrogen and oxygen atoms in total. The third-order valence-corrected chi connectivity index (χ3v) is 7.01. The monoisotopic (exact) mass is 639 g/mol. The van der Waals surface area contributed by atoms with E-state index in [-0.39, 0.29) is 28.3 Å². The molecule has 0 saturated carbocycles. The third kappa shape index (κ3) is 6.13. The van der Waals surface area contributed by atoms with E-state index in [2.05, 4.69) is 31.0 Å². The summed E-state index contributed by atoms with van der Waals surface area (Å²) in [5, 5.41) is 3.31. The Morgan fingerprint density at radius 2 is 1.68 bits per heavy atom. The standard InChI is InChI=1S/C25H22BrF8N5O/c1-38(2)23-35-10-17(26)19(36-23)13(5-12-6-14(27)9-15(28)7-12)8-16(40)11-39-21-18(20(37-39)22(29)30)24(31,32)3-4-25(21,33)34/h6-7,9-10,13,22H,3-5,8,11H2,1-2H3/t13-/m1/s1. The lowest BCUT2D eigenvalue weighted by atomic mass is 9.88. The minimum Gasteiger partial charge on any atom is -0.347 e. The molecule has 4 rings (SSSR count). The van der Waals surface area contributed by atoms with Crippen molar-refractivity contribution in [2.45, 2.75) is 56.4 Å². The normalized spacial score (nSPS) is 16.6. The molecule has 0 fully saturated rings. The Labute approximate surface area is 231 Å². The molecule has 0 unspecified atom stereocenters. The fourth-order valence-electron chi connectivity index (χ4n) is 4.69. The summed E-state index contributed by atoms with van der Waals surface area (Å²) < 4.78 is 114.